The van der Waals surface area contributed by atoms with Crippen LogP contribution < -0.4 is 5.32 Å². The molecule has 0 atom stereocenters. The van der Waals surface area contributed by atoms with Crippen molar-refractivity contribution in [2.75, 3.05) is 20.3 Å². The summed E-state index contributed by atoms with van der Waals surface area (Å²) in [4.78, 5) is 2.11. The molecule has 0 aliphatic rings. The van der Waals surface area contributed by atoms with Gasteiger partial charge in [0.15, 0.2) is 0 Å². The summed E-state index contributed by atoms with van der Waals surface area (Å²) in [5.41, 5.74) is 1.08. The lowest BCUT2D eigenvalue weighted by molar-refractivity contribution is 0.199. The molecule has 0 fully saturated rings. The molecule has 0 bridgehead atoms. The second-order valence-corrected chi connectivity index (χ2v) is 6.39. The van der Waals surface area contributed by atoms with Crippen LogP contribution in [0.5, 0.6) is 0 Å². The molecule has 0 heterocycles. The molecule has 0 saturated carbocycles. The van der Waals surface area contributed by atoms with E-state index in [0.29, 0.717) is 6.61 Å². The summed E-state index contributed by atoms with van der Waals surface area (Å²) in [5, 5.41) is 4.80. The Morgan fingerprint density at radius 2 is 1.90 bits per heavy atom. The smallest absolute Gasteiger partial charge is 0.0587 e. The van der Waals surface area contributed by atoms with E-state index in [1.807, 2.05) is 36.4 Å². The zero-order valence-corrected chi connectivity index (χ0v) is 14.1. The fraction of sp³-hybridized carbons (Fsp3) is 0.250. The van der Waals surface area contributed by atoms with Crippen LogP contribution >= 0.6 is 35.0 Å². The van der Waals surface area contributed by atoms with Crippen molar-refractivity contribution in [1.82, 2.24) is 5.32 Å². The standard InChI is InChI=1S/C16H17Cl2NOS/c1-20-9-8-19-11-12-6-7-13(10-15(12)18)21-16-5-3-2-4-14(16)17/h2-7,10,19H,8-9,11H2,1H3. The van der Waals surface area contributed by atoms with Gasteiger partial charge in [-0.15, -0.1) is 0 Å². The van der Waals surface area contributed by atoms with Crippen molar-refractivity contribution in [3.05, 3.63) is 58.1 Å². The number of methoxy groups -OCH3 is 1. The monoisotopic (exact) mass is 341 g/mol. The Balaban J connectivity index is 2.00. The fourth-order valence-corrected chi connectivity index (χ4v) is 3.23. The number of hydrogen-bond donors (Lipinski definition) is 1. The number of ether oxygens (including phenoxy) is 1. The fourth-order valence-electron chi connectivity index (χ4n) is 1.79. The Bertz CT molecular complexity index is 592. The Kier molecular flexibility index (Phi) is 6.87. The maximum absolute atomic E-state index is 6.33. The molecule has 0 unspecified atom stereocenters. The molecule has 0 amide bonds. The molecule has 2 aromatic carbocycles. The highest BCUT2D eigenvalue weighted by Gasteiger charge is 2.05. The van der Waals surface area contributed by atoms with Crippen LogP contribution in [0.4, 0.5) is 0 Å². The summed E-state index contributed by atoms with van der Waals surface area (Å²) in [6, 6.07) is 13.9. The minimum absolute atomic E-state index is 0.693. The van der Waals surface area contributed by atoms with Crippen molar-refractivity contribution in [2.24, 2.45) is 0 Å². The van der Waals surface area contributed by atoms with Gasteiger partial charge in [-0.2, -0.15) is 0 Å². The predicted molar refractivity (Wildman–Crippen MR) is 90.6 cm³/mol. The van der Waals surface area contributed by atoms with Crippen LogP contribution in [0.1, 0.15) is 5.56 Å². The molecule has 2 rings (SSSR count). The maximum Gasteiger partial charge on any atom is 0.0587 e. The van der Waals surface area contributed by atoms with Gasteiger partial charge in [0.05, 0.1) is 11.6 Å². The largest absolute Gasteiger partial charge is 0.383 e. The Labute approximate surface area is 139 Å². The minimum atomic E-state index is 0.693. The molecule has 0 radical (unpaired) electrons. The second-order valence-electron chi connectivity index (χ2n) is 4.46. The Morgan fingerprint density at radius 1 is 1.10 bits per heavy atom. The van der Waals surface area contributed by atoms with E-state index in [1.165, 1.54) is 0 Å². The van der Waals surface area contributed by atoms with E-state index in [4.69, 9.17) is 27.9 Å². The Hall–Kier alpha value is -0.710. The van der Waals surface area contributed by atoms with Crippen molar-refractivity contribution in [3.63, 3.8) is 0 Å². The molecule has 21 heavy (non-hydrogen) atoms. The summed E-state index contributed by atoms with van der Waals surface area (Å²) in [6.45, 7) is 2.24. The molecule has 0 aliphatic carbocycles. The highest BCUT2D eigenvalue weighted by molar-refractivity contribution is 7.99. The van der Waals surface area contributed by atoms with Gasteiger partial charge in [-0.25, -0.2) is 0 Å². The van der Waals surface area contributed by atoms with Gasteiger partial charge in [-0.05, 0) is 29.8 Å². The molecule has 0 spiro atoms. The topological polar surface area (TPSA) is 21.3 Å². The summed E-state index contributed by atoms with van der Waals surface area (Å²) in [6.07, 6.45) is 0. The number of nitrogens with one attached hydrogen (secondary N) is 1. The first-order valence-electron chi connectivity index (χ1n) is 6.61. The van der Waals surface area contributed by atoms with Gasteiger partial charge >= 0.3 is 0 Å². The zero-order valence-electron chi connectivity index (χ0n) is 11.7. The van der Waals surface area contributed by atoms with Crippen molar-refractivity contribution in [3.8, 4) is 0 Å². The second kappa shape index (κ2) is 8.66. The van der Waals surface area contributed by atoms with Gasteiger partial charge < -0.3 is 10.1 Å². The predicted octanol–water partition coefficient (Wildman–Crippen LogP) is 4.88. The highest BCUT2D eigenvalue weighted by atomic mass is 35.5. The lowest BCUT2D eigenvalue weighted by atomic mass is 10.2. The lowest BCUT2D eigenvalue weighted by Gasteiger charge is -2.09. The average molecular weight is 342 g/mol. The first-order chi connectivity index (χ1) is 10.2. The molecule has 2 aromatic rings. The van der Waals surface area contributed by atoms with Crippen LogP contribution in [0.25, 0.3) is 0 Å². The van der Waals surface area contributed by atoms with Gasteiger partial charge in [-0.1, -0.05) is 53.2 Å². The van der Waals surface area contributed by atoms with Gasteiger partial charge in [0.1, 0.15) is 0 Å². The van der Waals surface area contributed by atoms with Crippen LogP contribution in [-0.4, -0.2) is 20.3 Å². The van der Waals surface area contributed by atoms with Crippen LogP contribution in [0.3, 0.4) is 0 Å². The van der Waals surface area contributed by atoms with Crippen molar-refractivity contribution in [2.45, 2.75) is 16.3 Å². The molecule has 0 saturated heterocycles. The Morgan fingerprint density at radius 3 is 2.62 bits per heavy atom. The number of benzene rings is 2. The first-order valence-corrected chi connectivity index (χ1v) is 8.18. The molecule has 5 heteroatoms. The average Bonchev–Trinajstić information content (AvgIpc) is 2.48. The summed E-state index contributed by atoms with van der Waals surface area (Å²) in [7, 11) is 1.69. The van der Waals surface area contributed by atoms with E-state index in [9.17, 15) is 0 Å². The van der Waals surface area contributed by atoms with Gasteiger partial charge in [-0.3, -0.25) is 0 Å². The molecule has 1 N–H and O–H groups in total. The van der Waals surface area contributed by atoms with Crippen LogP contribution in [0.2, 0.25) is 10.0 Å². The third-order valence-electron chi connectivity index (χ3n) is 2.89. The van der Waals surface area contributed by atoms with Crippen molar-refractivity contribution >= 4 is 35.0 Å². The van der Waals surface area contributed by atoms with Crippen molar-refractivity contribution < 1.29 is 4.74 Å². The van der Waals surface area contributed by atoms with Crippen LogP contribution in [-0.2, 0) is 11.3 Å². The SMILES string of the molecule is COCCNCc1ccc(Sc2ccccc2Cl)cc1Cl. The van der Waals surface area contributed by atoms with Gasteiger partial charge in [0, 0.05) is 35.0 Å². The third-order valence-corrected chi connectivity index (χ3v) is 4.75. The summed E-state index contributed by atoms with van der Waals surface area (Å²) in [5.74, 6) is 0. The van der Waals surface area contributed by atoms with Gasteiger partial charge in [0.25, 0.3) is 0 Å². The van der Waals surface area contributed by atoms with Crippen LogP contribution in [0, 0.1) is 0 Å². The third kappa shape index (κ3) is 5.20. The minimum Gasteiger partial charge on any atom is -0.383 e. The van der Waals surface area contributed by atoms with E-state index in [1.54, 1.807) is 18.9 Å². The quantitative estimate of drug-likeness (QED) is 0.725. The number of hydrogen-bond acceptors (Lipinski definition) is 3. The maximum atomic E-state index is 6.33. The van der Waals surface area contributed by atoms with Crippen molar-refractivity contribution in [1.29, 1.82) is 0 Å². The zero-order chi connectivity index (χ0) is 15.1. The first kappa shape index (κ1) is 16.7. The molecule has 2 nitrogen and oxygen atoms in total. The van der Waals surface area contributed by atoms with E-state index >= 15 is 0 Å². The number of halogens is 2. The normalized spacial score (nSPS) is 10.8. The van der Waals surface area contributed by atoms with Gasteiger partial charge in [0.2, 0.25) is 0 Å². The van der Waals surface area contributed by atoms with E-state index < -0.39 is 0 Å². The summed E-state index contributed by atoms with van der Waals surface area (Å²) < 4.78 is 5.00. The molecule has 0 aromatic heterocycles. The lowest BCUT2D eigenvalue weighted by Crippen LogP contribution is -2.18. The van der Waals surface area contributed by atoms with Crippen LogP contribution in [0.15, 0.2) is 52.3 Å². The molecule has 0 aliphatic heterocycles. The molecular formula is C16H17Cl2NOS. The van der Waals surface area contributed by atoms with E-state index in [-0.39, 0.29) is 0 Å². The summed E-state index contributed by atoms with van der Waals surface area (Å²) >= 11 is 14.1. The van der Waals surface area contributed by atoms with E-state index in [0.717, 1.165) is 38.5 Å². The molecular weight excluding hydrogens is 325 g/mol. The number of rotatable bonds is 7. The molecule has 112 valence electrons. The highest BCUT2D eigenvalue weighted by Crippen LogP contribution is 2.34. The van der Waals surface area contributed by atoms with E-state index in [2.05, 4.69) is 11.4 Å².